The van der Waals surface area contributed by atoms with Gasteiger partial charge in [-0.05, 0) is 54.2 Å². The molecule has 6 nitrogen and oxygen atoms in total. The van der Waals surface area contributed by atoms with E-state index in [-0.39, 0.29) is 4.90 Å². The molecule has 0 saturated heterocycles. The van der Waals surface area contributed by atoms with Crippen molar-refractivity contribution in [2.24, 2.45) is 0 Å². The third kappa shape index (κ3) is 3.45. The van der Waals surface area contributed by atoms with E-state index in [1.807, 2.05) is 42.6 Å². The summed E-state index contributed by atoms with van der Waals surface area (Å²) in [5, 5.41) is 4.55. The van der Waals surface area contributed by atoms with Crippen molar-refractivity contribution in [1.29, 1.82) is 0 Å². The number of aromatic nitrogens is 3. The zero-order valence-corrected chi connectivity index (χ0v) is 17.2. The molecule has 1 aromatic carbocycles. The largest absolute Gasteiger partial charge is 0.264 e. The number of hydrogen-bond acceptors (Lipinski definition) is 4. The molecule has 5 rings (SSSR count). The average Bonchev–Trinajstić information content (AvgIpc) is 3.44. The zero-order valence-electron chi connectivity index (χ0n) is 16.4. The van der Waals surface area contributed by atoms with Crippen LogP contribution >= 0.6 is 0 Å². The maximum Gasteiger partial charge on any atom is 0.264 e. The normalized spacial score (nSPS) is 14.9. The number of nitrogens with one attached hydrogen (secondary N) is 1. The van der Waals surface area contributed by atoms with E-state index in [2.05, 4.69) is 20.9 Å². The van der Waals surface area contributed by atoms with Gasteiger partial charge in [-0.15, -0.1) is 0 Å². The van der Waals surface area contributed by atoms with Crippen molar-refractivity contribution in [3.05, 3.63) is 78.8 Å². The summed E-state index contributed by atoms with van der Waals surface area (Å²) in [6.07, 6.45) is 9.52. The van der Waals surface area contributed by atoms with E-state index in [4.69, 9.17) is 0 Å². The summed E-state index contributed by atoms with van der Waals surface area (Å²) in [5.74, 6) is 0.885. The van der Waals surface area contributed by atoms with E-state index in [0.29, 0.717) is 11.7 Å². The zero-order chi connectivity index (χ0) is 20.6. The van der Waals surface area contributed by atoms with E-state index in [9.17, 15) is 8.42 Å². The smallest absolute Gasteiger partial charge is 0.263 e. The van der Waals surface area contributed by atoms with Crippen LogP contribution in [0, 0.1) is 0 Å². The number of benzene rings is 1. The van der Waals surface area contributed by atoms with Gasteiger partial charge in [0.1, 0.15) is 10.7 Å². The van der Waals surface area contributed by atoms with Gasteiger partial charge in [-0.1, -0.05) is 43.2 Å². The summed E-state index contributed by atoms with van der Waals surface area (Å²) in [4.78, 5) is 4.05. The van der Waals surface area contributed by atoms with Crippen molar-refractivity contribution in [1.82, 2.24) is 14.6 Å². The van der Waals surface area contributed by atoms with Crippen molar-refractivity contribution < 1.29 is 8.42 Å². The molecule has 1 aliphatic carbocycles. The van der Waals surface area contributed by atoms with E-state index >= 15 is 0 Å². The minimum absolute atomic E-state index is 0.117. The van der Waals surface area contributed by atoms with Gasteiger partial charge in [0, 0.05) is 18.0 Å². The molecule has 152 valence electrons. The van der Waals surface area contributed by atoms with Crippen LogP contribution in [0.5, 0.6) is 0 Å². The average molecular weight is 419 g/mol. The molecule has 30 heavy (non-hydrogen) atoms. The molecule has 1 aliphatic rings. The molecule has 0 bridgehead atoms. The molecule has 7 heteroatoms. The van der Waals surface area contributed by atoms with Crippen LogP contribution in [0.15, 0.2) is 78.1 Å². The summed E-state index contributed by atoms with van der Waals surface area (Å²) in [5.41, 5.74) is 4.12. The Balaban J connectivity index is 1.66. The summed E-state index contributed by atoms with van der Waals surface area (Å²) in [7, 11) is -3.79. The monoisotopic (exact) mass is 418 g/mol. The van der Waals surface area contributed by atoms with Crippen molar-refractivity contribution in [2.75, 3.05) is 4.72 Å². The summed E-state index contributed by atoms with van der Waals surface area (Å²) < 4.78 is 30.4. The maximum absolute atomic E-state index is 13.0. The number of fused-ring (bicyclic) bond motifs is 1. The van der Waals surface area contributed by atoms with Gasteiger partial charge in [0.05, 0.1) is 11.7 Å². The molecule has 1 saturated carbocycles. The van der Waals surface area contributed by atoms with Gasteiger partial charge in [0.25, 0.3) is 10.0 Å². The summed E-state index contributed by atoms with van der Waals surface area (Å²) in [6.45, 7) is 0. The molecule has 0 unspecified atom stereocenters. The molecule has 0 aliphatic heterocycles. The maximum atomic E-state index is 13.0. The second-order valence-electron chi connectivity index (χ2n) is 7.67. The number of nitrogens with zero attached hydrogens (tertiary/aromatic N) is 3. The number of sulfonamides is 1. The van der Waals surface area contributed by atoms with Crippen LogP contribution in [-0.4, -0.2) is 23.0 Å². The fourth-order valence-electron chi connectivity index (χ4n) is 4.23. The Kier molecular flexibility index (Phi) is 4.75. The highest BCUT2D eigenvalue weighted by molar-refractivity contribution is 7.92. The van der Waals surface area contributed by atoms with E-state index in [1.165, 1.54) is 30.7 Å². The van der Waals surface area contributed by atoms with Crippen molar-refractivity contribution in [2.45, 2.75) is 36.5 Å². The Morgan fingerprint density at radius 1 is 0.933 bits per heavy atom. The lowest BCUT2D eigenvalue weighted by Crippen LogP contribution is -2.16. The second-order valence-corrected chi connectivity index (χ2v) is 9.35. The Morgan fingerprint density at radius 2 is 1.73 bits per heavy atom. The lowest BCUT2D eigenvalue weighted by Gasteiger charge is -2.14. The topological polar surface area (TPSA) is 76.4 Å². The van der Waals surface area contributed by atoms with Crippen LogP contribution in [0.25, 0.3) is 16.6 Å². The first-order valence-electron chi connectivity index (χ1n) is 10.1. The number of rotatable bonds is 5. The second kappa shape index (κ2) is 7.57. The Morgan fingerprint density at radius 3 is 2.47 bits per heavy atom. The highest BCUT2D eigenvalue weighted by atomic mass is 32.2. The SMILES string of the molecule is O=S(=O)(Nc1cc(-c2ccccc2)cc2c(C3CCCC3)cnn12)c1cccnc1. The fourth-order valence-corrected chi connectivity index (χ4v) is 5.22. The van der Waals surface area contributed by atoms with Crippen LogP contribution < -0.4 is 4.72 Å². The molecule has 1 N–H and O–H groups in total. The van der Waals surface area contributed by atoms with Crippen LogP contribution in [0.1, 0.15) is 37.2 Å². The molecular formula is C23H22N4O2S. The molecule has 3 aromatic heterocycles. The fraction of sp³-hybridized carbons (Fsp3) is 0.217. The molecule has 4 aromatic rings. The van der Waals surface area contributed by atoms with Gasteiger partial charge in [0.2, 0.25) is 0 Å². The number of hydrogen-bond donors (Lipinski definition) is 1. The Labute approximate surface area is 175 Å². The van der Waals surface area contributed by atoms with Crippen molar-refractivity contribution in [3.63, 3.8) is 0 Å². The molecule has 1 fully saturated rings. The highest BCUT2D eigenvalue weighted by Crippen LogP contribution is 2.38. The Bertz CT molecular complexity index is 1280. The molecular weight excluding hydrogens is 396 g/mol. The van der Waals surface area contributed by atoms with Gasteiger partial charge in [-0.2, -0.15) is 5.10 Å². The van der Waals surface area contributed by atoms with Crippen LogP contribution in [0.3, 0.4) is 0 Å². The van der Waals surface area contributed by atoms with Gasteiger partial charge < -0.3 is 0 Å². The molecule has 0 radical (unpaired) electrons. The van der Waals surface area contributed by atoms with Gasteiger partial charge in [0.15, 0.2) is 0 Å². The lowest BCUT2D eigenvalue weighted by molar-refractivity contribution is 0.600. The van der Waals surface area contributed by atoms with Crippen molar-refractivity contribution in [3.8, 4) is 11.1 Å². The third-order valence-electron chi connectivity index (χ3n) is 5.73. The first-order valence-corrected chi connectivity index (χ1v) is 11.6. The predicted molar refractivity (Wildman–Crippen MR) is 117 cm³/mol. The third-order valence-corrected chi connectivity index (χ3v) is 7.07. The first-order chi connectivity index (χ1) is 14.6. The first kappa shape index (κ1) is 18.8. The quantitative estimate of drug-likeness (QED) is 0.502. The van der Waals surface area contributed by atoms with Crippen molar-refractivity contribution >= 4 is 21.4 Å². The summed E-state index contributed by atoms with van der Waals surface area (Å²) in [6, 6.07) is 17.1. The van der Waals surface area contributed by atoms with Crippen LogP contribution in [0.4, 0.5) is 5.82 Å². The minimum atomic E-state index is -3.79. The van der Waals surface area contributed by atoms with Gasteiger partial charge in [-0.25, -0.2) is 12.9 Å². The Hall–Kier alpha value is -3.19. The molecule has 0 spiro atoms. The van der Waals surface area contributed by atoms with Crippen LogP contribution in [0.2, 0.25) is 0 Å². The number of anilines is 1. The van der Waals surface area contributed by atoms with E-state index < -0.39 is 10.0 Å². The van der Waals surface area contributed by atoms with Crippen LogP contribution in [-0.2, 0) is 10.0 Å². The molecule has 0 amide bonds. The van der Waals surface area contributed by atoms with E-state index in [1.54, 1.807) is 16.8 Å². The number of pyridine rings is 2. The van der Waals surface area contributed by atoms with Gasteiger partial charge >= 0.3 is 0 Å². The van der Waals surface area contributed by atoms with E-state index in [0.717, 1.165) is 29.5 Å². The predicted octanol–water partition coefficient (Wildman–Crippen LogP) is 4.85. The standard InChI is InChI=1S/C23H22N4O2S/c28-30(29,20-11-6-12-24-15-20)26-23-14-19(17-7-2-1-3-8-17)13-22-21(16-25-27(22)23)18-9-4-5-10-18/h1-3,6-8,11-16,18,26H,4-5,9-10H2. The molecule has 0 atom stereocenters. The molecule has 3 heterocycles. The van der Waals surface area contributed by atoms with Gasteiger partial charge in [-0.3, -0.25) is 9.71 Å². The summed E-state index contributed by atoms with van der Waals surface area (Å²) >= 11 is 0. The lowest BCUT2D eigenvalue weighted by atomic mass is 9.98. The minimum Gasteiger partial charge on any atom is -0.263 e. The highest BCUT2D eigenvalue weighted by Gasteiger charge is 2.23.